The van der Waals surface area contributed by atoms with Crippen molar-refractivity contribution in [2.24, 2.45) is 0 Å². The number of ketones is 1. The van der Waals surface area contributed by atoms with E-state index in [4.69, 9.17) is 18.5 Å². The molecule has 11 heteroatoms. The van der Waals surface area contributed by atoms with Gasteiger partial charge in [0, 0.05) is 19.3 Å². The van der Waals surface area contributed by atoms with Crippen LogP contribution in [-0.2, 0) is 37.5 Å². The second-order valence-corrected chi connectivity index (χ2v) is 18.3. The molecule has 0 amide bonds. The highest BCUT2D eigenvalue weighted by molar-refractivity contribution is 7.47. The zero-order valence-electron chi connectivity index (χ0n) is 38.2. The summed E-state index contributed by atoms with van der Waals surface area (Å²) in [5, 5.41) is 0. The third kappa shape index (κ3) is 43.5. The SMILES string of the molecule is CCCCCCCCCCCCCCCCCCCC(=O)O[C@H](COC(=O)CCC/C=C\C/C=C\C/C=C\C=C\C(=O)CCCCC)COP(=O)(O)OCC[N+](C)(C)C. The number of nitrogens with zero attached hydrogens (tertiary/aromatic N) is 1. The predicted octanol–water partition coefficient (Wildman–Crippen LogP) is 12.6. The van der Waals surface area contributed by atoms with E-state index in [1.54, 1.807) is 12.2 Å². The molecule has 0 aromatic rings. The first-order valence-corrected chi connectivity index (χ1v) is 24.8. The molecule has 0 bridgehead atoms. The van der Waals surface area contributed by atoms with Crippen LogP contribution < -0.4 is 0 Å². The Morgan fingerprint density at radius 3 is 1.64 bits per heavy atom. The number of quaternary nitrogens is 1. The summed E-state index contributed by atoms with van der Waals surface area (Å²) in [6, 6.07) is 0. The van der Waals surface area contributed by atoms with Gasteiger partial charge in [0.2, 0.25) is 0 Å². The van der Waals surface area contributed by atoms with Gasteiger partial charge in [0.05, 0.1) is 27.7 Å². The van der Waals surface area contributed by atoms with Crippen molar-refractivity contribution in [1.82, 2.24) is 0 Å². The van der Waals surface area contributed by atoms with Gasteiger partial charge < -0.3 is 18.9 Å². The van der Waals surface area contributed by atoms with Crippen LogP contribution in [0.4, 0.5) is 0 Å². The summed E-state index contributed by atoms with van der Waals surface area (Å²) in [6.45, 7) is 4.19. The number of carbonyl (C=O) groups is 3. The maximum atomic E-state index is 12.7. The van der Waals surface area contributed by atoms with Crippen LogP contribution in [0.1, 0.15) is 187 Å². The van der Waals surface area contributed by atoms with Crippen LogP contribution in [0, 0.1) is 0 Å². The average molecular weight is 853 g/mol. The van der Waals surface area contributed by atoms with E-state index in [-0.39, 0.29) is 31.8 Å². The monoisotopic (exact) mass is 853 g/mol. The zero-order valence-corrected chi connectivity index (χ0v) is 39.1. The van der Waals surface area contributed by atoms with Gasteiger partial charge in [-0.15, -0.1) is 0 Å². The Morgan fingerprint density at radius 1 is 0.576 bits per heavy atom. The third-order valence-electron chi connectivity index (χ3n) is 9.84. The molecule has 1 N–H and O–H groups in total. The van der Waals surface area contributed by atoms with Crippen LogP contribution in [0.25, 0.3) is 0 Å². The fourth-order valence-electron chi connectivity index (χ4n) is 6.14. The van der Waals surface area contributed by atoms with Crippen LogP contribution in [0.5, 0.6) is 0 Å². The summed E-state index contributed by atoms with van der Waals surface area (Å²) in [5.41, 5.74) is 0. The van der Waals surface area contributed by atoms with Crippen LogP contribution in [0.3, 0.4) is 0 Å². The maximum absolute atomic E-state index is 12.7. The number of likely N-dealkylation sites (N-methyl/N-ethyl adjacent to an activating group) is 1. The molecular weight excluding hydrogens is 766 g/mol. The number of hydrogen-bond acceptors (Lipinski definition) is 8. The highest BCUT2D eigenvalue weighted by Gasteiger charge is 2.27. The summed E-state index contributed by atoms with van der Waals surface area (Å²) < 4.78 is 34.2. The zero-order chi connectivity index (χ0) is 43.7. The predicted molar refractivity (Wildman–Crippen MR) is 243 cm³/mol. The lowest BCUT2D eigenvalue weighted by Crippen LogP contribution is -2.37. The van der Waals surface area contributed by atoms with Crippen LogP contribution >= 0.6 is 7.82 Å². The Labute approximate surface area is 360 Å². The van der Waals surface area contributed by atoms with Gasteiger partial charge in [-0.2, -0.15) is 0 Å². The number of ether oxygens (including phenoxy) is 2. The van der Waals surface area contributed by atoms with E-state index in [9.17, 15) is 23.8 Å². The molecular formula is C48H87NO9P+. The highest BCUT2D eigenvalue weighted by Crippen LogP contribution is 2.43. The first-order chi connectivity index (χ1) is 28.4. The molecule has 1 unspecified atom stereocenters. The molecule has 0 aliphatic rings. The number of rotatable bonds is 42. The average Bonchev–Trinajstić information content (AvgIpc) is 3.18. The molecule has 2 atom stereocenters. The number of unbranched alkanes of at least 4 members (excludes halogenated alkanes) is 19. The van der Waals surface area contributed by atoms with Crippen molar-refractivity contribution in [2.75, 3.05) is 47.5 Å². The fraction of sp³-hybridized carbons (Fsp3) is 0.771. The lowest BCUT2D eigenvalue weighted by molar-refractivity contribution is -0.870. The van der Waals surface area contributed by atoms with Gasteiger partial charge in [0.15, 0.2) is 11.9 Å². The first kappa shape index (κ1) is 56.6. The van der Waals surface area contributed by atoms with E-state index in [0.29, 0.717) is 36.7 Å². The van der Waals surface area contributed by atoms with Gasteiger partial charge in [-0.3, -0.25) is 23.4 Å². The minimum Gasteiger partial charge on any atom is -0.462 e. The van der Waals surface area contributed by atoms with Crippen molar-refractivity contribution in [3.63, 3.8) is 0 Å². The van der Waals surface area contributed by atoms with E-state index in [2.05, 4.69) is 26.0 Å². The molecule has 0 fully saturated rings. The molecule has 0 rings (SSSR count). The van der Waals surface area contributed by atoms with E-state index >= 15 is 0 Å². The molecule has 0 aromatic heterocycles. The second-order valence-electron chi connectivity index (χ2n) is 16.8. The van der Waals surface area contributed by atoms with E-state index in [1.165, 1.54) is 83.5 Å². The number of phosphoric ester groups is 1. The molecule has 0 saturated carbocycles. The number of allylic oxidation sites excluding steroid dienone is 8. The largest absolute Gasteiger partial charge is 0.472 e. The molecule has 342 valence electrons. The number of phosphoric acid groups is 1. The Bertz CT molecular complexity index is 1210. The lowest BCUT2D eigenvalue weighted by Gasteiger charge is -2.24. The Morgan fingerprint density at radius 2 is 1.07 bits per heavy atom. The number of esters is 2. The molecule has 10 nitrogen and oxygen atoms in total. The van der Waals surface area contributed by atoms with Crippen LogP contribution in [0.15, 0.2) is 48.6 Å². The van der Waals surface area contributed by atoms with Gasteiger partial charge in [0.25, 0.3) is 0 Å². The minimum absolute atomic E-state index is 0.0132. The standard InChI is InChI=1S/C48H86NO9P/c1-6-8-10-11-12-13-14-15-16-17-18-19-22-26-29-32-36-40-48(52)58-46(44-57-59(53,54)56-42-41-49(3,4)5)43-55-47(51)39-35-31-28-25-23-20-21-24-27-30-34-38-45(50)37-33-9-7-2/h20-21,25,27-28,30,34,38,46H,6-19,22-24,26,29,31-33,35-37,39-44H2,1-5H3/p+1/b21-20-,28-25-,30-27-,38-34+/t46-/m1/s1. The van der Waals surface area contributed by atoms with Gasteiger partial charge >= 0.3 is 19.8 Å². The fourth-order valence-corrected chi connectivity index (χ4v) is 6.88. The number of carbonyl (C=O) groups excluding carboxylic acids is 3. The van der Waals surface area contributed by atoms with Crippen molar-refractivity contribution in [2.45, 2.75) is 193 Å². The van der Waals surface area contributed by atoms with Crippen molar-refractivity contribution >= 4 is 25.5 Å². The quantitative estimate of drug-likeness (QED) is 0.0121. The molecule has 0 saturated heterocycles. The molecule has 0 heterocycles. The Hall–Kier alpha value is -2.36. The van der Waals surface area contributed by atoms with E-state index in [1.807, 2.05) is 45.4 Å². The smallest absolute Gasteiger partial charge is 0.462 e. The Balaban J connectivity index is 4.44. The van der Waals surface area contributed by atoms with E-state index in [0.717, 1.165) is 51.4 Å². The van der Waals surface area contributed by atoms with Crippen molar-refractivity contribution in [1.29, 1.82) is 0 Å². The Kier molecular flexibility index (Phi) is 38.2. The molecule has 0 aliphatic carbocycles. The summed E-state index contributed by atoms with van der Waals surface area (Å²) in [5.74, 6) is -0.723. The van der Waals surface area contributed by atoms with Crippen molar-refractivity contribution in [3.8, 4) is 0 Å². The molecule has 59 heavy (non-hydrogen) atoms. The van der Waals surface area contributed by atoms with Crippen LogP contribution in [-0.4, -0.2) is 80.7 Å². The van der Waals surface area contributed by atoms with Crippen LogP contribution in [0.2, 0.25) is 0 Å². The summed E-state index contributed by atoms with van der Waals surface area (Å²) in [6.07, 6.45) is 42.9. The van der Waals surface area contributed by atoms with Crippen molar-refractivity contribution < 1.29 is 46.8 Å². The second kappa shape index (κ2) is 39.8. The molecule has 0 spiro atoms. The lowest BCUT2D eigenvalue weighted by atomic mass is 10.0. The first-order valence-electron chi connectivity index (χ1n) is 23.3. The third-order valence-corrected chi connectivity index (χ3v) is 10.8. The summed E-state index contributed by atoms with van der Waals surface area (Å²) >= 11 is 0. The normalized spacial score (nSPS) is 13.9. The van der Waals surface area contributed by atoms with Gasteiger partial charge in [-0.1, -0.05) is 172 Å². The summed E-state index contributed by atoms with van der Waals surface area (Å²) in [4.78, 5) is 47.1. The number of hydrogen-bond donors (Lipinski definition) is 1. The highest BCUT2D eigenvalue weighted by atomic mass is 31.2. The molecule has 0 aliphatic heterocycles. The van der Waals surface area contributed by atoms with Gasteiger partial charge in [0.1, 0.15) is 19.8 Å². The van der Waals surface area contributed by atoms with Crippen molar-refractivity contribution in [3.05, 3.63) is 48.6 Å². The van der Waals surface area contributed by atoms with Gasteiger partial charge in [-0.25, -0.2) is 4.57 Å². The summed E-state index contributed by atoms with van der Waals surface area (Å²) in [7, 11) is 1.41. The minimum atomic E-state index is -4.40. The maximum Gasteiger partial charge on any atom is 0.472 e. The van der Waals surface area contributed by atoms with E-state index < -0.39 is 32.5 Å². The topological polar surface area (TPSA) is 125 Å². The van der Waals surface area contributed by atoms with Gasteiger partial charge in [-0.05, 0) is 44.6 Å². The molecule has 0 radical (unpaired) electrons. The molecule has 0 aromatic carbocycles.